The minimum Gasteiger partial charge on any atom is -0.322 e. The molecule has 1 fully saturated rings. The number of nitrogens with one attached hydrogen (secondary N) is 2. The molecule has 6 nitrogen and oxygen atoms in total. The van der Waals surface area contributed by atoms with Crippen LogP contribution in [0.3, 0.4) is 0 Å². The van der Waals surface area contributed by atoms with E-state index in [9.17, 15) is 13.2 Å². The summed E-state index contributed by atoms with van der Waals surface area (Å²) in [6.07, 6.45) is 2.53. The lowest BCUT2D eigenvalue weighted by atomic mass is 9.99. The molecule has 2 N–H and O–H groups in total. The molecule has 1 atom stereocenters. The third-order valence-corrected chi connectivity index (χ3v) is 8.09. The van der Waals surface area contributed by atoms with Crippen LogP contribution < -0.4 is 10.0 Å². The van der Waals surface area contributed by atoms with Crippen LogP contribution in [0, 0.1) is 12.8 Å². The van der Waals surface area contributed by atoms with Crippen molar-refractivity contribution in [1.82, 2.24) is 4.90 Å². The van der Waals surface area contributed by atoms with Crippen LogP contribution in [0.25, 0.3) is 0 Å². The molecule has 4 rings (SSSR count). The van der Waals surface area contributed by atoms with Gasteiger partial charge in [-0.1, -0.05) is 36.7 Å². The first-order valence-corrected chi connectivity index (χ1v) is 13.6. The van der Waals surface area contributed by atoms with Gasteiger partial charge in [-0.05, 0) is 91.9 Å². The zero-order valence-electron chi connectivity index (χ0n) is 19.9. The van der Waals surface area contributed by atoms with E-state index in [1.165, 1.54) is 30.5 Å². The number of rotatable bonds is 7. The van der Waals surface area contributed by atoms with E-state index < -0.39 is 10.0 Å². The Hall–Kier alpha value is -2.87. The van der Waals surface area contributed by atoms with Gasteiger partial charge < -0.3 is 5.32 Å². The van der Waals surface area contributed by atoms with Gasteiger partial charge in [0.2, 0.25) is 0 Å². The third kappa shape index (κ3) is 6.42. The summed E-state index contributed by atoms with van der Waals surface area (Å²) in [5.74, 6) is 0.485. The molecular weight excluding hydrogens is 482 g/mol. The van der Waals surface area contributed by atoms with E-state index in [4.69, 9.17) is 11.6 Å². The Morgan fingerprint density at radius 1 is 1.06 bits per heavy atom. The average molecular weight is 512 g/mol. The molecule has 0 saturated carbocycles. The molecule has 3 aromatic carbocycles. The van der Waals surface area contributed by atoms with Crippen LogP contribution in [-0.2, 0) is 16.6 Å². The maximum atomic E-state index is 12.8. The molecule has 35 heavy (non-hydrogen) atoms. The van der Waals surface area contributed by atoms with Crippen molar-refractivity contribution in [2.45, 2.75) is 38.1 Å². The lowest BCUT2D eigenvalue weighted by Crippen LogP contribution is -2.33. The minimum absolute atomic E-state index is 0.0891. The predicted octanol–water partition coefficient (Wildman–Crippen LogP) is 5.93. The molecule has 3 aromatic rings. The predicted molar refractivity (Wildman–Crippen MR) is 142 cm³/mol. The van der Waals surface area contributed by atoms with Crippen molar-refractivity contribution in [1.29, 1.82) is 0 Å². The summed E-state index contributed by atoms with van der Waals surface area (Å²) in [5, 5.41) is 3.31. The summed E-state index contributed by atoms with van der Waals surface area (Å²) in [6, 6.07) is 18.8. The second kappa shape index (κ2) is 10.8. The normalized spacial score (nSPS) is 16.6. The van der Waals surface area contributed by atoms with Gasteiger partial charge in [0, 0.05) is 29.4 Å². The minimum atomic E-state index is -3.80. The van der Waals surface area contributed by atoms with E-state index in [0.29, 0.717) is 27.5 Å². The van der Waals surface area contributed by atoms with Crippen LogP contribution >= 0.6 is 11.6 Å². The van der Waals surface area contributed by atoms with E-state index >= 15 is 0 Å². The number of piperidine rings is 1. The quantitative estimate of drug-likeness (QED) is 0.412. The molecule has 0 aromatic heterocycles. The van der Waals surface area contributed by atoms with Crippen molar-refractivity contribution in [3.05, 3.63) is 88.4 Å². The van der Waals surface area contributed by atoms with Crippen LogP contribution in [-0.4, -0.2) is 32.3 Å². The second-order valence-electron chi connectivity index (χ2n) is 9.18. The molecule has 0 aliphatic carbocycles. The maximum Gasteiger partial charge on any atom is 0.261 e. The molecular formula is C27H30ClN3O3S. The lowest BCUT2D eigenvalue weighted by molar-refractivity contribution is 0.102. The van der Waals surface area contributed by atoms with Crippen LogP contribution in [0.1, 0.15) is 41.3 Å². The van der Waals surface area contributed by atoms with Gasteiger partial charge >= 0.3 is 0 Å². The Kier molecular flexibility index (Phi) is 7.79. The Bertz CT molecular complexity index is 1290. The summed E-state index contributed by atoms with van der Waals surface area (Å²) in [6.45, 7) is 7.16. The van der Waals surface area contributed by atoms with Crippen molar-refractivity contribution in [2.24, 2.45) is 5.92 Å². The summed E-state index contributed by atoms with van der Waals surface area (Å²) in [4.78, 5) is 15.2. The number of benzene rings is 3. The van der Waals surface area contributed by atoms with Gasteiger partial charge in [-0.2, -0.15) is 0 Å². The van der Waals surface area contributed by atoms with Crippen LogP contribution in [0.15, 0.2) is 71.6 Å². The highest BCUT2D eigenvalue weighted by Crippen LogP contribution is 2.26. The number of hydrogen-bond acceptors (Lipinski definition) is 4. The number of sulfonamides is 1. The van der Waals surface area contributed by atoms with Gasteiger partial charge in [-0.25, -0.2) is 8.42 Å². The van der Waals surface area contributed by atoms with Gasteiger partial charge in [0.1, 0.15) is 0 Å². The van der Waals surface area contributed by atoms with Gasteiger partial charge in [0.25, 0.3) is 15.9 Å². The monoisotopic (exact) mass is 511 g/mol. The number of carbonyl (C=O) groups is 1. The Labute approximate surface area is 212 Å². The van der Waals surface area contributed by atoms with E-state index in [2.05, 4.69) is 21.9 Å². The number of halogens is 1. The number of nitrogens with zero attached hydrogens (tertiary/aromatic N) is 1. The number of anilines is 2. The first kappa shape index (κ1) is 25.2. The summed E-state index contributed by atoms with van der Waals surface area (Å²) in [7, 11) is -3.80. The van der Waals surface area contributed by atoms with Crippen molar-refractivity contribution in [2.75, 3.05) is 23.1 Å². The maximum absolute atomic E-state index is 12.8. The molecule has 0 bridgehead atoms. The highest BCUT2D eigenvalue weighted by atomic mass is 35.5. The summed E-state index contributed by atoms with van der Waals surface area (Å²) in [5.41, 5.74) is 3.33. The number of amides is 1. The third-order valence-electron chi connectivity index (χ3n) is 6.30. The summed E-state index contributed by atoms with van der Waals surface area (Å²) >= 11 is 6.09. The molecule has 1 aliphatic heterocycles. The van der Waals surface area contributed by atoms with Gasteiger partial charge in [0.05, 0.1) is 10.6 Å². The molecule has 8 heteroatoms. The molecule has 0 radical (unpaired) electrons. The largest absolute Gasteiger partial charge is 0.322 e. The van der Waals surface area contributed by atoms with Crippen LogP contribution in [0.5, 0.6) is 0 Å². The van der Waals surface area contributed by atoms with Gasteiger partial charge in [-0.15, -0.1) is 0 Å². The van der Waals surface area contributed by atoms with Gasteiger partial charge in [0.15, 0.2) is 0 Å². The van der Waals surface area contributed by atoms with Crippen molar-refractivity contribution < 1.29 is 13.2 Å². The molecule has 0 unspecified atom stereocenters. The molecule has 1 heterocycles. The van der Waals surface area contributed by atoms with E-state index in [-0.39, 0.29) is 10.8 Å². The lowest BCUT2D eigenvalue weighted by Gasteiger charge is -2.30. The topological polar surface area (TPSA) is 78.5 Å². The first-order chi connectivity index (χ1) is 16.7. The highest BCUT2D eigenvalue weighted by molar-refractivity contribution is 7.92. The molecule has 1 amide bonds. The fourth-order valence-corrected chi connectivity index (χ4v) is 5.59. The smallest absolute Gasteiger partial charge is 0.261 e. The fourth-order valence-electron chi connectivity index (χ4n) is 4.29. The SMILES string of the molecule is Cc1c(Cl)cccc1NS(=O)(=O)c1ccc(NC(=O)c2ccc(CN3CCC[C@@H](C)C3)cc2)cc1. The Morgan fingerprint density at radius 3 is 2.46 bits per heavy atom. The Morgan fingerprint density at radius 2 is 1.77 bits per heavy atom. The van der Waals surface area contributed by atoms with Crippen molar-refractivity contribution in [3.63, 3.8) is 0 Å². The second-order valence-corrected chi connectivity index (χ2v) is 11.3. The Balaban J connectivity index is 1.37. The number of hydrogen-bond donors (Lipinski definition) is 2. The van der Waals surface area contributed by atoms with Gasteiger partial charge in [-0.3, -0.25) is 14.4 Å². The van der Waals surface area contributed by atoms with Crippen molar-refractivity contribution in [3.8, 4) is 0 Å². The van der Waals surface area contributed by atoms with Crippen LogP contribution in [0.2, 0.25) is 5.02 Å². The number of likely N-dealkylation sites (tertiary alicyclic amines) is 1. The molecule has 1 aliphatic rings. The highest BCUT2D eigenvalue weighted by Gasteiger charge is 2.18. The summed E-state index contributed by atoms with van der Waals surface area (Å²) < 4.78 is 28.1. The first-order valence-electron chi connectivity index (χ1n) is 11.7. The molecule has 184 valence electrons. The molecule has 0 spiro atoms. The fraction of sp³-hybridized carbons (Fsp3) is 0.296. The van der Waals surface area contributed by atoms with E-state index in [1.807, 2.05) is 24.3 Å². The average Bonchev–Trinajstić information content (AvgIpc) is 2.83. The molecule has 1 saturated heterocycles. The number of carbonyl (C=O) groups excluding carboxylic acids is 1. The zero-order chi connectivity index (χ0) is 25.0. The standard InChI is InChI=1S/C27H30ClN3O3S/c1-19-5-4-16-31(17-19)18-21-8-10-22(11-9-21)27(32)29-23-12-14-24(15-13-23)35(33,34)30-26-7-3-6-25(28)20(26)2/h3,6-15,19,30H,4-5,16-18H2,1-2H3,(H,29,32)/t19-/m1/s1. The van der Waals surface area contributed by atoms with Crippen molar-refractivity contribution >= 4 is 38.9 Å². The van der Waals surface area contributed by atoms with E-state index in [1.54, 1.807) is 37.3 Å². The zero-order valence-corrected chi connectivity index (χ0v) is 21.5. The van der Waals surface area contributed by atoms with Crippen LogP contribution in [0.4, 0.5) is 11.4 Å². The van der Waals surface area contributed by atoms with E-state index in [0.717, 1.165) is 25.6 Å².